The molecule has 112 valence electrons. The Morgan fingerprint density at radius 2 is 2.25 bits per heavy atom. The van der Waals surface area contributed by atoms with Crippen LogP contribution in [-0.2, 0) is 9.47 Å². The Bertz CT molecular complexity index is 391. The van der Waals surface area contributed by atoms with Gasteiger partial charge in [0.25, 0.3) is 0 Å². The molecule has 4 heteroatoms. The molecule has 0 aromatic heterocycles. The van der Waals surface area contributed by atoms with Crippen LogP contribution in [-0.4, -0.2) is 40.1 Å². The van der Waals surface area contributed by atoms with E-state index in [0.29, 0.717) is 12.5 Å². The lowest BCUT2D eigenvalue weighted by molar-refractivity contribution is 0.0742. The fraction of sp³-hybridized carbons (Fsp3) is 0.625. The van der Waals surface area contributed by atoms with Gasteiger partial charge in [-0.2, -0.15) is 0 Å². The minimum atomic E-state index is 0.165. The first kappa shape index (κ1) is 15.3. The third kappa shape index (κ3) is 4.20. The van der Waals surface area contributed by atoms with Crippen LogP contribution in [0.5, 0.6) is 5.75 Å². The predicted octanol–water partition coefficient (Wildman–Crippen LogP) is 2.40. The predicted molar refractivity (Wildman–Crippen MR) is 79.2 cm³/mol. The van der Waals surface area contributed by atoms with Crippen LogP contribution in [0, 0.1) is 5.92 Å². The summed E-state index contributed by atoms with van der Waals surface area (Å²) in [7, 11) is 1.71. The monoisotopic (exact) mass is 279 g/mol. The van der Waals surface area contributed by atoms with Gasteiger partial charge in [-0.3, -0.25) is 0 Å². The summed E-state index contributed by atoms with van der Waals surface area (Å²) in [6.07, 6.45) is 1.11. The lowest BCUT2D eigenvalue weighted by Gasteiger charge is -2.21. The molecule has 1 aliphatic rings. The van der Waals surface area contributed by atoms with Gasteiger partial charge in [-0.25, -0.2) is 0 Å². The standard InChI is InChI=1S/C16H25NO3/c1-3-17-15(12-20-11-13-8-9-19-10-13)14-6-4-5-7-16(14)18-2/h4-7,13,15,17H,3,8-12H2,1-2H3. The van der Waals surface area contributed by atoms with Gasteiger partial charge < -0.3 is 19.5 Å². The lowest BCUT2D eigenvalue weighted by Crippen LogP contribution is -2.27. The Hall–Kier alpha value is -1.10. The van der Waals surface area contributed by atoms with E-state index in [2.05, 4.69) is 18.3 Å². The smallest absolute Gasteiger partial charge is 0.123 e. The number of hydrogen-bond donors (Lipinski definition) is 1. The van der Waals surface area contributed by atoms with E-state index >= 15 is 0 Å². The van der Waals surface area contributed by atoms with Gasteiger partial charge in [0.2, 0.25) is 0 Å². The average Bonchev–Trinajstić information content (AvgIpc) is 2.99. The first-order valence-electron chi connectivity index (χ1n) is 7.37. The molecule has 4 nitrogen and oxygen atoms in total. The molecular weight excluding hydrogens is 254 g/mol. The van der Waals surface area contributed by atoms with E-state index < -0.39 is 0 Å². The molecule has 20 heavy (non-hydrogen) atoms. The maximum atomic E-state index is 5.89. The Balaban J connectivity index is 1.91. The van der Waals surface area contributed by atoms with Crippen LogP contribution in [0.1, 0.15) is 24.9 Å². The molecule has 0 aliphatic carbocycles. The molecule has 2 unspecified atom stereocenters. The maximum Gasteiger partial charge on any atom is 0.123 e. The summed E-state index contributed by atoms with van der Waals surface area (Å²) in [4.78, 5) is 0. The summed E-state index contributed by atoms with van der Waals surface area (Å²) < 4.78 is 16.7. The van der Waals surface area contributed by atoms with Crippen molar-refractivity contribution in [2.75, 3.05) is 40.1 Å². The zero-order valence-electron chi connectivity index (χ0n) is 12.4. The van der Waals surface area contributed by atoms with Crippen molar-refractivity contribution in [1.29, 1.82) is 0 Å². The van der Waals surface area contributed by atoms with Crippen molar-refractivity contribution in [2.24, 2.45) is 5.92 Å². The molecule has 0 saturated carbocycles. The molecule has 1 N–H and O–H groups in total. The van der Waals surface area contributed by atoms with E-state index in [1.54, 1.807) is 7.11 Å². The second-order valence-electron chi connectivity index (χ2n) is 5.12. The van der Waals surface area contributed by atoms with E-state index in [4.69, 9.17) is 14.2 Å². The van der Waals surface area contributed by atoms with Crippen molar-refractivity contribution in [1.82, 2.24) is 5.32 Å². The van der Waals surface area contributed by atoms with Crippen LogP contribution in [0.25, 0.3) is 0 Å². The number of methoxy groups -OCH3 is 1. The summed E-state index contributed by atoms with van der Waals surface area (Å²) >= 11 is 0. The number of benzene rings is 1. The lowest BCUT2D eigenvalue weighted by atomic mass is 10.1. The third-order valence-corrected chi connectivity index (χ3v) is 3.63. The maximum absolute atomic E-state index is 5.89. The van der Waals surface area contributed by atoms with E-state index in [1.807, 2.05) is 18.2 Å². The first-order valence-corrected chi connectivity index (χ1v) is 7.37. The second kappa shape index (κ2) is 8.25. The highest BCUT2D eigenvalue weighted by Gasteiger charge is 2.18. The molecule has 1 fully saturated rings. The topological polar surface area (TPSA) is 39.7 Å². The molecule has 2 rings (SSSR count). The van der Waals surface area contributed by atoms with Crippen LogP contribution in [0.15, 0.2) is 24.3 Å². The van der Waals surface area contributed by atoms with Gasteiger partial charge in [0.15, 0.2) is 0 Å². The summed E-state index contributed by atoms with van der Waals surface area (Å²) in [6.45, 7) is 6.14. The molecule has 1 aliphatic heterocycles. The van der Waals surface area contributed by atoms with Crippen LogP contribution >= 0.6 is 0 Å². The molecule has 0 bridgehead atoms. The van der Waals surface area contributed by atoms with Gasteiger partial charge >= 0.3 is 0 Å². The number of hydrogen-bond acceptors (Lipinski definition) is 4. The van der Waals surface area contributed by atoms with E-state index in [0.717, 1.165) is 44.1 Å². The largest absolute Gasteiger partial charge is 0.496 e. The summed E-state index contributed by atoms with van der Waals surface area (Å²) in [5, 5.41) is 3.46. The van der Waals surface area contributed by atoms with E-state index in [-0.39, 0.29) is 6.04 Å². The first-order chi connectivity index (χ1) is 9.85. The molecule has 1 saturated heterocycles. The fourth-order valence-electron chi connectivity index (χ4n) is 2.53. The second-order valence-corrected chi connectivity index (χ2v) is 5.12. The van der Waals surface area contributed by atoms with Crippen LogP contribution in [0.4, 0.5) is 0 Å². The molecular formula is C16H25NO3. The average molecular weight is 279 g/mol. The fourth-order valence-corrected chi connectivity index (χ4v) is 2.53. The zero-order valence-corrected chi connectivity index (χ0v) is 12.4. The van der Waals surface area contributed by atoms with Gasteiger partial charge in [-0.05, 0) is 19.0 Å². The number of ether oxygens (including phenoxy) is 3. The zero-order chi connectivity index (χ0) is 14.2. The van der Waals surface area contributed by atoms with Gasteiger partial charge in [-0.15, -0.1) is 0 Å². The van der Waals surface area contributed by atoms with Crippen molar-refractivity contribution in [3.8, 4) is 5.75 Å². The molecule has 0 amide bonds. The van der Waals surface area contributed by atoms with Gasteiger partial charge in [0, 0.05) is 18.1 Å². The van der Waals surface area contributed by atoms with Gasteiger partial charge in [0.1, 0.15) is 5.75 Å². The number of rotatable bonds is 8. The summed E-state index contributed by atoms with van der Waals surface area (Å²) in [5.41, 5.74) is 1.15. The van der Waals surface area contributed by atoms with Crippen LogP contribution < -0.4 is 10.1 Å². The Morgan fingerprint density at radius 3 is 2.95 bits per heavy atom. The number of para-hydroxylation sites is 1. The van der Waals surface area contributed by atoms with Crippen molar-refractivity contribution < 1.29 is 14.2 Å². The molecule has 1 aromatic carbocycles. The minimum absolute atomic E-state index is 0.165. The van der Waals surface area contributed by atoms with Crippen LogP contribution in [0.3, 0.4) is 0 Å². The van der Waals surface area contributed by atoms with Gasteiger partial charge in [-0.1, -0.05) is 25.1 Å². The summed E-state index contributed by atoms with van der Waals surface area (Å²) in [5.74, 6) is 1.46. The number of likely N-dealkylation sites (N-methyl/N-ethyl adjacent to an activating group) is 1. The molecule has 2 atom stereocenters. The van der Waals surface area contributed by atoms with Crippen LogP contribution in [0.2, 0.25) is 0 Å². The highest BCUT2D eigenvalue weighted by Crippen LogP contribution is 2.25. The third-order valence-electron chi connectivity index (χ3n) is 3.63. The minimum Gasteiger partial charge on any atom is -0.496 e. The Kier molecular flexibility index (Phi) is 6.30. The van der Waals surface area contributed by atoms with Crippen molar-refractivity contribution in [2.45, 2.75) is 19.4 Å². The number of nitrogens with one attached hydrogen (secondary N) is 1. The molecule has 0 spiro atoms. The van der Waals surface area contributed by atoms with E-state index in [1.165, 1.54) is 0 Å². The normalized spacial score (nSPS) is 20.0. The Morgan fingerprint density at radius 1 is 1.40 bits per heavy atom. The highest BCUT2D eigenvalue weighted by molar-refractivity contribution is 5.35. The quantitative estimate of drug-likeness (QED) is 0.793. The highest BCUT2D eigenvalue weighted by atomic mass is 16.5. The van der Waals surface area contributed by atoms with Crippen molar-refractivity contribution in [3.05, 3.63) is 29.8 Å². The molecule has 1 aromatic rings. The SMILES string of the molecule is CCNC(COCC1CCOC1)c1ccccc1OC. The van der Waals surface area contributed by atoms with Gasteiger partial charge in [0.05, 0.1) is 33.0 Å². The summed E-state index contributed by atoms with van der Waals surface area (Å²) in [6, 6.07) is 8.27. The van der Waals surface area contributed by atoms with Crippen molar-refractivity contribution >= 4 is 0 Å². The van der Waals surface area contributed by atoms with E-state index in [9.17, 15) is 0 Å². The Labute approximate surface area is 121 Å². The van der Waals surface area contributed by atoms with Crippen molar-refractivity contribution in [3.63, 3.8) is 0 Å². The molecule has 0 radical (unpaired) electrons. The molecule has 1 heterocycles.